The Balaban J connectivity index is 1.99. The van der Waals surface area contributed by atoms with Gasteiger partial charge in [-0.2, -0.15) is 5.10 Å². The number of aromatic nitrogens is 3. The Labute approximate surface area is 125 Å². The van der Waals surface area contributed by atoms with Gasteiger partial charge in [0.05, 0.1) is 5.52 Å². The molecule has 0 atom stereocenters. The number of primary amides is 1. The van der Waals surface area contributed by atoms with E-state index in [0.29, 0.717) is 11.1 Å². The van der Waals surface area contributed by atoms with Crippen molar-refractivity contribution in [3.8, 4) is 0 Å². The summed E-state index contributed by atoms with van der Waals surface area (Å²) in [5.41, 5.74) is 6.61. The number of carbonyl (C=O) groups excluding carboxylic acids is 2. The summed E-state index contributed by atoms with van der Waals surface area (Å²) in [4.78, 5) is 28.1. The van der Waals surface area contributed by atoms with E-state index in [1.54, 1.807) is 31.4 Å². The molecule has 110 valence electrons. The number of hydrogen-bond acceptors (Lipinski definition) is 4. The first-order chi connectivity index (χ1) is 10.6. The van der Waals surface area contributed by atoms with Gasteiger partial charge in [0.2, 0.25) is 0 Å². The van der Waals surface area contributed by atoms with Crippen LogP contribution in [-0.4, -0.2) is 26.6 Å². The molecule has 7 nitrogen and oxygen atoms in total. The maximum Gasteiger partial charge on any atom is 0.257 e. The minimum absolute atomic E-state index is 0.140. The Hall–Kier alpha value is -3.22. The van der Waals surface area contributed by atoms with Gasteiger partial charge in [0.15, 0.2) is 5.82 Å². The van der Waals surface area contributed by atoms with Crippen LogP contribution in [0.4, 0.5) is 5.82 Å². The second-order valence-corrected chi connectivity index (χ2v) is 4.76. The first-order valence-electron chi connectivity index (χ1n) is 6.55. The Bertz CT molecular complexity index is 879. The number of fused-ring (bicyclic) bond motifs is 1. The van der Waals surface area contributed by atoms with Crippen molar-refractivity contribution in [1.82, 2.24) is 14.8 Å². The number of benzene rings is 1. The Kier molecular flexibility index (Phi) is 3.30. The first kappa shape index (κ1) is 13.7. The fourth-order valence-corrected chi connectivity index (χ4v) is 2.24. The van der Waals surface area contributed by atoms with Gasteiger partial charge in [-0.15, -0.1) is 0 Å². The van der Waals surface area contributed by atoms with E-state index in [2.05, 4.69) is 15.4 Å². The third kappa shape index (κ3) is 2.39. The predicted molar refractivity (Wildman–Crippen MR) is 81.4 cm³/mol. The summed E-state index contributed by atoms with van der Waals surface area (Å²) in [5, 5.41) is 7.39. The molecular weight excluding hydrogens is 282 g/mol. The van der Waals surface area contributed by atoms with Crippen LogP contribution in [0.5, 0.6) is 0 Å². The highest BCUT2D eigenvalue weighted by molar-refractivity contribution is 6.13. The molecule has 0 unspecified atom stereocenters. The quantitative estimate of drug-likeness (QED) is 0.760. The fourth-order valence-electron chi connectivity index (χ4n) is 2.24. The van der Waals surface area contributed by atoms with Crippen LogP contribution in [0.25, 0.3) is 10.9 Å². The highest BCUT2D eigenvalue weighted by atomic mass is 16.2. The number of amides is 2. The zero-order chi connectivity index (χ0) is 15.7. The summed E-state index contributed by atoms with van der Waals surface area (Å²) in [5.74, 6) is -0.885. The fraction of sp³-hybridized carbons (Fsp3) is 0.0667. The third-order valence-corrected chi connectivity index (χ3v) is 3.22. The second kappa shape index (κ2) is 5.28. The van der Waals surface area contributed by atoms with Gasteiger partial charge >= 0.3 is 0 Å². The smallest absolute Gasteiger partial charge is 0.257 e. The highest BCUT2D eigenvalue weighted by Gasteiger charge is 2.17. The Morgan fingerprint density at radius 1 is 1.18 bits per heavy atom. The van der Waals surface area contributed by atoms with Crippen LogP contribution in [0.1, 0.15) is 20.7 Å². The van der Waals surface area contributed by atoms with E-state index in [0.717, 1.165) is 5.39 Å². The number of hydrogen-bond donors (Lipinski definition) is 2. The zero-order valence-corrected chi connectivity index (χ0v) is 11.8. The molecule has 22 heavy (non-hydrogen) atoms. The van der Waals surface area contributed by atoms with E-state index in [1.165, 1.54) is 10.9 Å². The minimum Gasteiger partial charge on any atom is -0.365 e. The summed E-state index contributed by atoms with van der Waals surface area (Å²) in [7, 11) is 1.64. The molecule has 2 heterocycles. The van der Waals surface area contributed by atoms with E-state index >= 15 is 0 Å². The monoisotopic (exact) mass is 295 g/mol. The van der Waals surface area contributed by atoms with Gasteiger partial charge in [-0.25, -0.2) is 0 Å². The van der Waals surface area contributed by atoms with Crippen molar-refractivity contribution < 1.29 is 9.59 Å². The average molecular weight is 295 g/mol. The van der Waals surface area contributed by atoms with E-state index < -0.39 is 5.91 Å². The van der Waals surface area contributed by atoms with Gasteiger partial charge in [0.1, 0.15) is 5.56 Å². The maximum atomic E-state index is 12.5. The van der Waals surface area contributed by atoms with Crippen molar-refractivity contribution in [2.45, 2.75) is 0 Å². The molecule has 3 rings (SSSR count). The summed E-state index contributed by atoms with van der Waals surface area (Å²) in [6, 6.07) is 8.82. The third-order valence-electron chi connectivity index (χ3n) is 3.22. The molecule has 0 radical (unpaired) electrons. The SMILES string of the molecule is Cn1cc(C(N)=O)c(NC(=O)c2cccc3ncccc23)n1. The van der Waals surface area contributed by atoms with E-state index in [9.17, 15) is 9.59 Å². The van der Waals surface area contributed by atoms with E-state index in [1.807, 2.05) is 12.1 Å². The Morgan fingerprint density at radius 3 is 2.77 bits per heavy atom. The standard InChI is InChI=1S/C15H13N5O2/c1-20-8-11(13(16)21)14(19-20)18-15(22)10-4-2-6-12-9(10)5-3-7-17-12/h2-8H,1H3,(H2,16,21)(H,18,19,22). The Morgan fingerprint density at radius 2 is 2.00 bits per heavy atom. The van der Waals surface area contributed by atoms with Gasteiger partial charge in [-0.3, -0.25) is 19.3 Å². The van der Waals surface area contributed by atoms with Crippen molar-refractivity contribution in [3.63, 3.8) is 0 Å². The molecule has 0 bridgehead atoms. The number of rotatable bonds is 3. The number of anilines is 1. The van der Waals surface area contributed by atoms with E-state index in [-0.39, 0.29) is 17.3 Å². The van der Waals surface area contributed by atoms with Crippen LogP contribution in [-0.2, 0) is 7.05 Å². The predicted octanol–water partition coefficient (Wildman–Crippen LogP) is 1.32. The van der Waals surface area contributed by atoms with Crippen molar-refractivity contribution >= 4 is 28.5 Å². The van der Waals surface area contributed by atoms with Crippen LogP contribution in [0, 0.1) is 0 Å². The molecule has 0 saturated carbocycles. The summed E-state index contributed by atoms with van der Waals surface area (Å²) < 4.78 is 1.42. The van der Waals surface area contributed by atoms with Crippen molar-refractivity contribution in [2.24, 2.45) is 12.8 Å². The molecule has 0 aliphatic carbocycles. The zero-order valence-electron chi connectivity index (χ0n) is 11.8. The van der Waals surface area contributed by atoms with Crippen LogP contribution in [0.15, 0.2) is 42.7 Å². The first-order valence-corrected chi connectivity index (χ1v) is 6.55. The van der Waals surface area contributed by atoms with Gasteiger partial charge < -0.3 is 11.1 Å². The molecule has 0 spiro atoms. The molecule has 7 heteroatoms. The summed E-state index contributed by atoms with van der Waals surface area (Å²) >= 11 is 0. The number of aryl methyl sites for hydroxylation is 1. The molecule has 0 saturated heterocycles. The second-order valence-electron chi connectivity index (χ2n) is 4.76. The van der Waals surface area contributed by atoms with Crippen LogP contribution in [0.2, 0.25) is 0 Å². The van der Waals surface area contributed by atoms with Gasteiger partial charge in [0, 0.05) is 30.4 Å². The van der Waals surface area contributed by atoms with Gasteiger partial charge in [0.25, 0.3) is 11.8 Å². The molecule has 3 N–H and O–H groups in total. The molecule has 2 aromatic heterocycles. The molecule has 0 fully saturated rings. The number of carbonyl (C=O) groups is 2. The molecule has 1 aromatic carbocycles. The normalized spacial score (nSPS) is 10.6. The number of nitrogens with zero attached hydrogens (tertiary/aromatic N) is 3. The minimum atomic E-state index is -0.650. The lowest BCUT2D eigenvalue weighted by molar-refractivity contribution is 0.100. The maximum absolute atomic E-state index is 12.5. The largest absolute Gasteiger partial charge is 0.365 e. The summed E-state index contributed by atoms with van der Waals surface area (Å²) in [6.07, 6.45) is 3.12. The molecule has 0 aliphatic rings. The molecular formula is C15H13N5O2. The number of nitrogens with two attached hydrogens (primary N) is 1. The van der Waals surface area contributed by atoms with E-state index in [4.69, 9.17) is 5.73 Å². The lowest BCUT2D eigenvalue weighted by atomic mass is 10.1. The highest BCUT2D eigenvalue weighted by Crippen LogP contribution is 2.19. The van der Waals surface area contributed by atoms with Gasteiger partial charge in [-0.05, 0) is 18.2 Å². The number of nitrogens with one attached hydrogen (secondary N) is 1. The van der Waals surface area contributed by atoms with Crippen molar-refractivity contribution in [3.05, 3.63) is 53.9 Å². The van der Waals surface area contributed by atoms with Crippen LogP contribution in [0.3, 0.4) is 0 Å². The number of pyridine rings is 1. The lowest BCUT2D eigenvalue weighted by Crippen LogP contribution is -2.17. The van der Waals surface area contributed by atoms with Crippen LogP contribution >= 0.6 is 0 Å². The molecule has 3 aromatic rings. The average Bonchev–Trinajstić information content (AvgIpc) is 2.87. The van der Waals surface area contributed by atoms with Crippen LogP contribution < -0.4 is 11.1 Å². The van der Waals surface area contributed by atoms with Crippen molar-refractivity contribution in [2.75, 3.05) is 5.32 Å². The topological polar surface area (TPSA) is 103 Å². The van der Waals surface area contributed by atoms with Crippen molar-refractivity contribution in [1.29, 1.82) is 0 Å². The molecule has 2 amide bonds. The van der Waals surface area contributed by atoms with Gasteiger partial charge in [-0.1, -0.05) is 12.1 Å². The lowest BCUT2D eigenvalue weighted by Gasteiger charge is -2.06. The molecule has 0 aliphatic heterocycles. The summed E-state index contributed by atoms with van der Waals surface area (Å²) in [6.45, 7) is 0.